The summed E-state index contributed by atoms with van der Waals surface area (Å²) in [5.74, 6) is 0. The molecular weight excluding hydrogens is 198 g/mol. The fraction of sp³-hybridized carbons (Fsp3) is 0.308. The van der Waals surface area contributed by atoms with Crippen LogP contribution in [0, 0.1) is 11.3 Å². The number of nitrogens with zero attached hydrogens (tertiary/aromatic N) is 3. The van der Waals surface area contributed by atoms with Gasteiger partial charge in [0, 0.05) is 43.8 Å². The van der Waals surface area contributed by atoms with Crippen LogP contribution in [0.2, 0.25) is 0 Å². The third kappa shape index (κ3) is 1.87. The van der Waals surface area contributed by atoms with E-state index in [2.05, 4.69) is 46.6 Å². The molecule has 3 nitrogen and oxygen atoms in total. The van der Waals surface area contributed by atoms with Gasteiger partial charge in [0.1, 0.15) is 0 Å². The Morgan fingerprint density at radius 2 is 1.88 bits per heavy atom. The van der Waals surface area contributed by atoms with Crippen molar-refractivity contribution in [2.45, 2.75) is 12.8 Å². The van der Waals surface area contributed by atoms with Gasteiger partial charge in [-0.2, -0.15) is 5.26 Å². The van der Waals surface area contributed by atoms with Crippen LogP contribution in [0.4, 0.5) is 0 Å². The Balaban J connectivity index is 2.23. The largest absolute Gasteiger partial charge is 0.354 e. The molecule has 2 rings (SSSR count). The van der Waals surface area contributed by atoms with E-state index >= 15 is 0 Å². The summed E-state index contributed by atoms with van der Waals surface area (Å²) in [5.41, 5.74) is 3.60. The second kappa shape index (κ2) is 4.28. The maximum absolute atomic E-state index is 8.69. The van der Waals surface area contributed by atoms with Crippen molar-refractivity contribution in [2.75, 3.05) is 0 Å². The quantitative estimate of drug-likeness (QED) is 0.768. The minimum Gasteiger partial charge on any atom is -0.354 e. The molecule has 2 heterocycles. The first-order valence-electron chi connectivity index (χ1n) is 5.33. The summed E-state index contributed by atoms with van der Waals surface area (Å²) in [4.78, 5) is 0. The van der Waals surface area contributed by atoms with Crippen molar-refractivity contribution in [3.05, 3.63) is 47.5 Å². The summed E-state index contributed by atoms with van der Waals surface area (Å²) in [6.07, 6.45) is 3.43. The minimum atomic E-state index is 0.476. The molecule has 3 heteroatoms. The topological polar surface area (TPSA) is 33.6 Å². The van der Waals surface area contributed by atoms with Crippen molar-refractivity contribution in [1.82, 2.24) is 9.13 Å². The first kappa shape index (κ1) is 10.6. The van der Waals surface area contributed by atoms with Crippen LogP contribution in [0.3, 0.4) is 0 Å². The highest BCUT2D eigenvalue weighted by Gasteiger charge is 2.06. The van der Waals surface area contributed by atoms with Crippen LogP contribution in [-0.4, -0.2) is 9.13 Å². The van der Waals surface area contributed by atoms with E-state index in [0.29, 0.717) is 6.42 Å². The zero-order valence-corrected chi connectivity index (χ0v) is 9.64. The van der Waals surface area contributed by atoms with E-state index < -0.39 is 0 Å². The molecule has 0 saturated carbocycles. The number of nitriles is 1. The summed E-state index contributed by atoms with van der Waals surface area (Å²) in [5, 5.41) is 8.69. The molecule has 0 aliphatic heterocycles. The van der Waals surface area contributed by atoms with Crippen molar-refractivity contribution in [1.29, 1.82) is 5.26 Å². The fourth-order valence-corrected chi connectivity index (χ4v) is 1.90. The molecule has 0 aliphatic rings. The van der Waals surface area contributed by atoms with E-state index in [4.69, 9.17) is 5.26 Å². The minimum absolute atomic E-state index is 0.476. The fourth-order valence-electron chi connectivity index (χ4n) is 1.90. The number of rotatable bonds is 3. The average Bonchev–Trinajstić information content (AvgIpc) is 2.80. The molecule has 0 bridgehead atoms. The third-order valence-electron chi connectivity index (χ3n) is 3.00. The van der Waals surface area contributed by atoms with Crippen molar-refractivity contribution in [2.24, 2.45) is 14.1 Å². The summed E-state index contributed by atoms with van der Waals surface area (Å²) >= 11 is 0. The van der Waals surface area contributed by atoms with Crippen LogP contribution in [0.15, 0.2) is 30.5 Å². The molecule has 0 radical (unpaired) electrons. The Labute approximate surface area is 95.5 Å². The van der Waals surface area contributed by atoms with E-state index in [-0.39, 0.29) is 0 Å². The van der Waals surface area contributed by atoms with E-state index in [1.54, 1.807) is 0 Å². The van der Waals surface area contributed by atoms with Gasteiger partial charge in [-0.3, -0.25) is 0 Å². The lowest BCUT2D eigenvalue weighted by Crippen LogP contribution is -2.03. The van der Waals surface area contributed by atoms with Gasteiger partial charge >= 0.3 is 0 Å². The number of hydrogen-bond acceptors (Lipinski definition) is 1. The summed E-state index contributed by atoms with van der Waals surface area (Å²) < 4.78 is 4.23. The highest BCUT2D eigenvalue weighted by molar-refractivity contribution is 5.23. The molecule has 0 aromatic carbocycles. The van der Waals surface area contributed by atoms with Crippen LogP contribution in [-0.2, 0) is 26.9 Å². The zero-order valence-electron chi connectivity index (χ0n) is 9.64. The van der Waals surface area contributed by atoms with Crippen LogP contribution in [0.25, 0.3) is 0 Å². The maximum Gasteiger partial charge on any atom is 0.0754 e. The lowest BCUT2D eigenvalue weighted by atomic mass is 10.2. The van der Waals surface area contributed by atoms with Gasteiger partial charge < -0.3 is 9.13 Å². The highest BCUT2D eigenvalue weighted by atomic mass is 15.0. The Bertz CT molecular complexity index is 526. The maximum atomic E-state index is 8.69. The van der Waals surface area contributed by atoms with Gasteiger partial charge in [0.25, 0.3) is 0 Å². The molecule has 0 spiro atoms. The molecular formula is C13H15N3. The van der Waals surface area contributed by atoms with Crippen molar-refractivity contribution < 1.29 is 0 Å². The lowest BCUT2D eigenvalue weighted by Gasteiger charge is -2.07. The first-order valence-corrected chi connectivity index (χ1v) is 5.33. The van der Waals surface area contributed by atoms with E-state index in [9.17, 15) is 0 Å². The predicted molar refractivity (Wildman–Crippen MR) is 62.9 cm³/mol. The second-order valence-corrected chi connectivity index (χ2v) is 4.00. The van der Waals surface area contributed by atoms with Crippen LogP contribution >= 0.6 is 0 Å². The highest BCUT2D eigenvalue weighted by Crippen LogP contribution is 2.13. The zero-order chi connectivity index (χ0) is 11.5. The predicted octanol–water partition coefficient (Wildman–Crippen LogP) is 2.02. The summed E-state index contributed by atoms with van der Waals surface area (Å²) in [7, 11) is 4.07. The SMILES string of the molecule is Cn1cccc1Cc1ccc(CC#N)n1C. The van der Waals surface area contributed by atoms with Gasteiger partial charge in [-0.15, -0.1) is 0 Å². The van der Waals surface area contributed by atoms with Gasteiger partial charge in [-0.25, -0.2) is 0 Å². The molecule has 2 aromatic heterocycles. The number of aromatic nitrogens is 2. The molecule has 2 aromatic rings. The van der Waals surface area contributed by atoms with Gasteiger partial charge in [-0.1, -0.05) is 0 Å². The van der Waals surface area contributed by atoms with E-state index in [0.717, 1.165) is 12.1 Å². The summed E-state index contributed by atoms with van der Waals surface area (Å²) in [6.45, 7) is 0. The standard InChI is InChI=1S/C13H15N3/c1-15-9-3-4-12(15)10-13-6-5-11(7-8-14)16(13)2/h3-6,9H,7,10H2,1-2H3. The Morgan fingerprint density at radius 3 is 2.50 bits per heavy atom. The van der Waals surface area contributed by atoms with Crippen molar-refractivity contribution in [3.8, 4) is 6.07 Å². The molecule has 0 N–H and O–H groups in total. The van der Waals surface area contributed by atoms with Crippen molar-refractivity contribution >= 4 is 0 Å². The Kier molecular flexibility index (Phi) is 2.82. The van der Waals surface area contributed by atoms with Crippen LogP contribution in [0.5, 0.6) is 0 Å². The average molecular weight is 213 g/mol. The van der Waals surface area contributed by atoms with Gasteiger partial charge in [-0.05, 0) is 24.3 Å². The molecule has 0 saturated heterocycles. The second-order valence-electron chi connectivity index (χ2n) is 4.00. The van der Waals surface area contributed by atoms with Crippen LogP contribution in [0.1, 0.15) is 17.1 Å². The molecule has 0 unspecified atom stereocenters. The molecule has 0 fully saturated rings. The van der Waals surface area contributed by atoms with Crippen molar-refractivity contribution in [3.63, 3.8) is 0 Å². The smallest absolute Gasteiger partial charge is 0.0754 e. The normalized spacial score (nSPS) is 10.3. The van der Waals surface area contributed by atoms with Gasteiger partial charge in [0.2, 0.25) is 0 Å². The molecule has 0 aliphatic carbocycles. The summed E-state index contributed by atoms with van der Waals surface area (Å²) in [6, 6.07) is 10.5. The Morgan fingerprint density at radius 1 is 1.12 bits per heavy atom. The number of hydrogen-bond donors (Lipinski definition) is 0. The third-order valence-corrected chi connectivity index (χ3v) is 3.00. The van der Waals surface area contributed by atoms with Gasteiger partial charge in [0.05, 0.1) is 12.5 Å². The molecule has 82 valence electrons. The molecule has 0 atom stereocenters. The van der Waals surface area contributed by atoms with Gasteiger partial charge in [0.15, 0.2) is 0 Å². The van der Waals surface area contributed by atoms with E-state index in [1.165, 1.54) is 11.4 Å². The lowest BCUT2D eigenvalue weighted by molar-refractivity contribution is 0.772. The molecule has 16 heavy (non-hydrogen) atoms. The number of aryl methyl sites for hydroxylation is 1. The first-order chi connectivity index (χ1) is 7.72. The molecule has 0 amide bonds. The van der Waals surface area contributed by atoms with E-state index in [1.807, 2.05) is 13.1 Å². The Hall–Kier alpha value is -1.95. The van der Waals surface area contributed by atoms with Crippen LogP contribution < -0.4 is 0 Å². The monoisotopic (exact) mass is 213 g/mol.